The topological polar surface area (TPSA) is 84.5 Å². The number of halogens is 1. The highest BCUT2D eigenvalue weighted by molar-refractivity contribution is 7.92. The van der Waals surface area contributed by atoms with E-state index < -0.39 is 21.3 Å². The Morgan fingerprint density at radius 1 is 1.00 bits per heavy atom. The summed E-state index contributed by atoms with van der Waals surface area (Å²) in [5, 5.41) is 2.89. The van der Waals surface area contributed by atoms with Gasteiger partial charge in [-0.05, 0) is 60.9 Å². The molecule has 0 saturated heterocycles. The van der Waals surface area contributed by atoms with E-state index in [9.17, 15) is 17.6 Å². The molecule has 8 heteroatoms. The zero-order valence-corrected chi connectivity index (χ0v) is 17.6. The lowest BCUT2D eigenvalue weighted by Crippen LogP contribution is -2.27. The third-order valence-corrected chi connectivity index (χ3v) is 6.72. The fourth-order valence-corrected chi connectivity index (χ4v) is 4.52. The van der Waals surface area contributed by atoms with Gasteiger partial charge in [0.15, 0.2) is 0 Å². The summed E-state index contributed by atoms with van der Waals surface area (Å²) in [7, 11) is -2.56. The molecule has 4 rings (SSSR count). The highest BCUT2D eigenvalue weighted by Crippen LogP contribution is 2.49. The molecule has 3 aromatic rings. The molecule has 0 unspecified atom stereocenters. The van der Waals surface area contributed by atoms with Crippen molar-refractivity contribution in [3.8, 4) is 5.75 Å². The molecule has 1 fully saturated rings. The summed E-state index contributed by atoms with van der Waals surface area (Å²) in [5.74, 6) is -0.391. The van der Waals surface area contributed by atoms with Crippen LogP contribution in [0.2, 0.25) is 0 Å². The molecule has 0 spiro atoms. The van der Waals surface area contributed by atoms with Crippen LogP contribution in [0.1, 0.15) is 18.4 Å². The van der Waals surface area contributed by atoms with E-state index in [0.29, 0.717) is 5.69 Å². The van der Waals surface area contributed by atoms with Crippen LogP contribution < -0.4 is 14.8 Å². The van der Waals surface area contributed by atoms with Crippen LogP contribution in [-0.4, -0.2) is 21.4 Å². The van der Waals surface area contributed by atoms with E-state index in [1.54, 1.807) is 12.1 Å². The van der Waals surface area contributed by atoms with Crippen molar-refractivity contribution in [3.05, 3.63) is 84.2 Å². The Kier molecular flexibility index (Phi) is 5.41. The van der Waals surface area contributed by atoms with E-state index in [-0.39, 0.29) is 22.2 Å². The molecule has 0 atom stereocenters. The van der Waals surface area contributed by atoms with E-state index in [0.717, 1.165) is 30.5 Å². The van der Waals surface area contributed by atoms with Crippen LogP contribution >= 0.6 is 0 Å². The molecule has 1 saturated carbocycles. The quantitative estimate of drug-likeness (QED) is 0.574. The van der Waals surface area contributed by atoms with Crippen molar-refractivity contribution in [1.29, 1.82) is 0 Å². The minimum Gasteiger partial charge on any atom is -0.495 e. The number of nitrogens with one attached hydrogen (secondary N) is 2. The highest BCUT2D eigenvalue weighted by Gasteiger charge is 2.51. The van der Waals surface area contributed by atoms with Gasteiger partial charge in [0.1, 0.15) is 11.6 Å². The third-order valence-electron chi connectivity index (χ3n) is 5.34. The Hall–Kier alpha value is -3.39. The van der Waals surface area contributed by atoms with Crippen molar-refractivity contribution < 1.29 is 22.3 Å². The van der Waals surface area contributed by atoms with Gasteiger partial charge in [-0.3, -0.25) is 9.52 Å². The van der Waals surface area contributed by atoms with Gasteiger partial charge in [-0.2, -0.15) is 0 Å². The van der Waals surface area contributed by atoms with E-state index in [1.165, 1.54) is 25.3 Å². The molecule has 0 aliphatic heterocycles. The number of methoxy groups -OCH3 is 1. The van der Waals surface area contributed by atoms with Crippen molar-refractivity contribution >= 4 is 27.3 Å². The molecular weight excluding hydrogens is 419 g/mol. The highest BCUT2D eigenvalue weighted by atomic mass is 32.2. The van der Waals surface area contributed by atoms with Crippen molar-refractivity contribution in [2.75, 3.05) is 17.1 Å². The standard InChI is InChI=1S/C23H21FN2O4S/c1-30-21-12-9-18(25-22(27)23(13-14-23)16-5-3-2-4-6-16)15-20(21)26-31(28,29)19-10-7-17(24)8-11-19/h2-12,15,26H,13-14H2,1H3,(H,25,27). The fraction of sp³-hybridized carbons (Fsp3) is 0.174. The van der Waals surface area contributed by atoms with Gasteiger partial charge < -0.3 is 10.1 Å². The molecule has 1 amide bonds. The maximum atomic E-state index is 13.1. The van der Waals surface area contributed by atoms with E-state index in [4.69, 9.17) is 4.74 Å². The van der Waals surface area contributed by atoms with Gasteiger partial charge in [-0.15, -0.1) is 0 Å². The molecule has 6 nitrogen and oxygen atoms in total. The molecule has 0 radical (unpaired) electrons. The number of hydrogen-bond donors (Lipinski definition) is 2. The number of sulfonamides is 1. The molecule has 31 heavy (non-hydrogen) atoms. The van der Waals surface area contributed by atoms with Crippen LogP contribution in [-0.2, 0) is 20.2 Å². The molecule has 2 N–H and O–H groups in total. The normalized spacial score (nSPS) is 14.5. The van der Waals surface area contributed by atoms with Crippen molar-refractivity contribution in [3.63, 3.8) is 0 Å². The Balaban J connectivity index is 1.58. The third kappa shape index (κ3) is 4.25. The number of carbonyl (C=O) groups is 1. The molecular formula is C23H21FN2O4S. The zero-order valence-electron chi connectivity index (χ0n) is 16.8. The lowest BCUT2D eigenvalue weighted by molar-refractivity contribution is -0.118. The number of amides is 1. The van der Waals surface area contributed by atoms with E-state index in [2.05, 4.69) is 10.0 Å². The second kappa shape index (κ2) is 8.03. The van der Waals surface area contributed by atoms with Crippen LogP contribution in [0.15, 0.2) is 77.7 Å². The number of carbonyl (C=O) groups excluding carboxylic acids is 1. The van der Waals surface area contributed by atoms with Gasteiger partial charge in [0.05, 0.1) is 23.1 Å². The molecule has 0 heterocycles. The van der Waals surface area contributed by atoms with E-state index >= 15 is 0 Å². The Bertz CT molecular complexity index is 1210. The summed E-state index contributed by atoms with van der Waals surface area (Å²) >= 11 is 0. The first-order chi connectivity index (χ1) is 14.8. The largest absolute Gasteiger partial charge is 0.495 e. The lowest BCUT2D eigenvalue weighted by Gasteiger charge is -2.17. The molecule has 1 aliphatic rings. The molecule has 160 valence electrons. The van der Waals surface area contributed by atoms with Crippen LogP contribution in [0.5, 0.6) is 5.75 Å². The average Bonchev–Trinajstić information content (AvgIpc) is 3.57. The smallest absolute Gasteiger partial charge is 0.262 e. The average molecular weight is 440 g/mol. The number of anilines is 2. The number of rotatable bonds is 7. The van der Waals surface area contributed by atoms with Crippen LogP contribution in [0.25, 0.3) is 0 Å². The summed E-state index contributed by atoms with van der Waals surface area (Å²) < 4.78 is 46.2. The minimum absolute atomic E-state index is 0.0913. The van der Waals surface area contributed by atoms with Crippen molar-refractivity contribution in [1.82, 2.24) is 0 Å². The van der Waals surface area contributed by atoms with Crippen molar-refractivity contribution in [2.24, 2.45) is 0 Å². The van der Waals surface area contributed by atoms with Gasteiger partial charge >= 0.3 is 0 Å². The number of ether oxygens (including phenoxy) is 1. The summed E-state index contributed by atoms with van der Waals surface area (Å²) in [6.07, 6.45) is 1.51. The van der Waals surface area contributed by atoms with Crippen molar-refractivity contribution in [2.45, 2.75) is 23.2 Å². The summed E-state index contributed by atoms with van der Waals surface area (Å²) in [5.41, 5.74) is 0.992. The Morgan fingerprint density at radius 2 is 1.68 bits per heavy atom. The number of hydrogen-bond acceptors (Lipinski definition) is 4. The first-order valence-electron chi connectivity index (χ1n) is 9.67. The Labute approximate surface area is 180 Å². The molecule has 3 aromatic carbocycles. The first-order valence-corrected chi connectivity index (χ1v) is 11.2. The second-order valence-electron chi connectivity index (χ2n) is 7.38. The van der Waals surface area contributed by atoms with Crippen LogP contribution in [0.3, 0.4) is 0 Å². The molecule has 0 aromatic heterocycles. The predicted octanol–water partition coefficient (Wildman–Crippen LogP) is 4.31. The Morgan fingerprint density at radius 3 is 2.29 bits per heavy atom. The van der Waals surface area contributed by atoms with Gasteiger partial charge in [0.2, 0.25) is 5.91 Å². The summed E-state index contributed by atoms with van der Waals surface area (Å²) in [6, 6.07) is 18.8. The van der Waals surface area contributed by atoms with Gasteiger partial charge in [-0.1, -0.05) is 30.3 Å². The van der Waals surface area contributed by atoms with Crippen LogP contribution in [0.4, 0.5) is 15.8 Å². The monoisotopic (exact) mass is 440 g/mol. The van der Waals surface area contributed by atoms with Gasteiger partial charge in [-0.25, -0.2) is 12.8 Å². The minimum atomic E-state index is -3.98. The maximum Gasteiger partial charge on any atom is 0.262 e. The lowest BCUT2D eigenvalue weighted by atomic mass is 9.95. The molecule has 0 bridgehead atoms. The molecule has 1 aliphatic carbocycles. The maximum absolute atomic E-state index is 13.1. The van der Waals surface area contributed by atoms with Crippen LogP contribution in [0, 0.1) is 5.82 Å². The summed E-state index contributed by atoms with van der Waals surface area (Å²) in [6.45, 7) is 0. The second-order valence-corrected chi connectivity index (χ2v) is 9.06. The fourth-order valence-electron chi connectivity index (χ4n) is 3.46. The first kappa shape index (κ1) is 20.9. The van der Waals surface area contributed by atoms with E-state index in [1.807, 2.05) is 30.3 Å². The number of benzene rings is 3. The SMILES string of the molecule is COc1ccc(NC(=O)C2(c3ccccc3)CC2)cc1NS(=O)(=O)c1ccc(F)cc1. The van der Waals surface area contributed by atoms with Gasteiger partial charge in [0.25, 0.3) is 10.0 Å². The van der Waals surface area contributed by atoms with Gasteiger partial charge in [0, 0.05) is 5.69 Å². The predicted molar refractivity (Wildman–Crippen MR) is 116 cm³/mol. The zero-order chi connectivity index (χ0) is 22.1. The summed E-state index contributed by atoms with van der Waals surface area (Å²) in [4.78, 5) is 12.9.